The number of allylic oxidation sites excluding steroid dienone is 3. The third-order valence-corrected chi connectivity index (χ3v) is 16.6. The van der Waals surface area contributed by atoms with E-state index in [1.807, 2.05) is 0 Å². The molecule has 3 fully saturated rings. The number of nitrogens with zero attached hydrogens (tertiary/aromatic N) is 1. The van der Waals surface area contributed by atoms with E-state index in [-0.39, 0.29) is 9.79 Å². The molecular weight excluding hydrogens is 739 g/mol. The van der Waals surface area contributed by atoms with Crippen LogP contribution in [0.2, 0.25) is 0 Å². The van der Waals surface area contributed by atoms with Gasteiger partial charge in [-0.05, 0) is 73.1 Å². The zero-order chi connectivity index (χ0) is 37.8. The number of sulfone groups is 2. The van der Waals surface area contributed by atoms with Gasteiger partial charge in [-0.25, -0.2) is 16.8 Å². The van der Waals surface area contributed by atoms with E-state index in [1.54, 1.807) is 60.7 Å². The zero-order valence-electron chi connectivity index (χ0n) is 31.2. The fourth-order valence-corrected chi connectivity index (χ4v) is 14.6. The number of benzene rings is 3. The summed E-state index contributed by atoms with van der Waals surface area (Å²) in [5.74, 6) is -0.360. The van der Waals surface area contributed by atoms with Gasteiger partial charge >= 0.3 is 0 Å². The normalized spacial score (nSPS) is 28.5. The third kappa shape index (κ3) is 7.84. The molecule has 1 heterocycles. The molecule has 294 valence electrons. The van der Waals surface area contributed by atoms with Gasteiger partial charge in [0.1, 0.15) is 0 Å². The Balaban J connectivity index is 1.11. The molecule has 0 unspecified atom stereocenters. The second-order valence-corrected chi connectivity index (χ2v) is 19.2. The maximum atomic E-state index is 14.8. The van der Waals surface area contributed by atoms with Crippen molar-refractivity contribution in [2.24, 2.45) is 23.7 Å². The number of hydrogen-bond donors (Lipinski definition) is 0. The summed E-state index contributed by atoms with van der Waals surface area (Å²) in [6, 6.07) is 25.1. The average molecular weight is 790 g/mol. The van der Waals surface area contributed by atoms with Crippen LogP contribution in [-0.4, -0.2) is 106 Å². The fourth-order valence-electron chi connectivity index (χ4n) is 9.65. The van der Waals surface area contributed by atoms with Crippen molar-refractivity contribution in [3.05, 3.63) is 107 Å². The number of rotatable bonds is 6. The second kappa shape index (κ2) is 17.0. The van der Waals surface area contributed by atoms with Crippen molar-refractivity contribution in [3.63, 3.8) is 0 Å². The zero-order valence-corrected chi connectivity index (χ0v) is 32.8. The molecule has 2 saturated carbocycles. The maximum absolute atomic E-state index is 14.8. The van der Waals surface area contributed by atoms with Gasteiger partial charge in [0.05, 0.1) is 86.4 Å². The van der Waals surface area contributed by atoms with E-state index in [2.05, 4.69) is 35.2 Å². The van der Waals surface area contributed by atoms with Crippen molar-refractivity contribution < 1.29 is 40.5 Å². The van der Waals surface area contributed by atoms with Gasteiger partial charge in [0.15, 0.2) is 19.7 Å². The Morgan fingerprint density at radius 1 is 0.509 bits per heavy atom. The second-order valence-electron chi connectivity index (χ2n) is 15.0. The van der Waals surface area contributed by atoms with Gasteiger partial charge < -0.3 is 28.6 Å². The molecule has 0 spiro atoms. The summed E-state index contributed by atoms with van der Waals surface area (Å²) in [4.78, 5) is 2.58. The van der Waals surface area contributed by atoms with Crippen LogP contribution >= 0.6 is 0 Å². The van der Waals surface area contributed by atoms with E-state index >= 15 is 0 Å². The lowest BCUT2D eigenvalue weighted by Gasteiger charge is -2.35. The van der Waals surface area contributed by atoms with Crippen LogP contribution in [0.25, 0.3) is 6.08 Å². The summed E-state index contributed by atoms with van der Waals surface area (Å²) in [7, 11) is -8.09. The molecule has 12 heteroatoms. The minimum atomic E-state index is -4.05. The molecule has 6 atom stereocenters. The Bertz CT molecular complexity index is 1930. The van der Waals surface area contributed by atoms with E-state index in [4.69, 9.17) is 23.7 Å². The van der Waals surface area contributed by atoms with Crippen LogP contribution in [0.5, 0.6) is 0 Å². The van der Waals surface area contributed by atoms with Crippen molar-refractivity contribution in [1.29, 1.82) is 0 Å². The van der Waals surface area contributed by atoms with Crippen LogP contribution in [0.4, 0.5) is 5.69 Å². The van der Waals surface area contributed by atoms with Crippen LogP contribution < -0.4 is 4.90 Å². The Labute approximate surface area is 325 Å². The molecular formula is C43H51NO9S2. The van der Waals surface area contributed by atoms with Crippen molar-refractivity contribution in [1.82, 2.24) is 0 Å². The molecule has 0 radical (unpaired) electrons. The molecule has 0 amide bonds. The first-order chi connectivity index (χ1) is 26.9. The summed E-state index contributed by atoms with van der Waals surface area (Å²) in [6.07, 6.45) is 5.15. The first-order valence-electron chi connectivity index (χ1n) is 19.6. The van der Waals surface area contributed by atoms with Crippen LogP contribution in [-0.2, 0) is 43.4 Å². The number of ether oxygens (including phenoxy) is 5. The van der Waals surface area contributed by atoms with Crippen molar-refractivity contribution >= 4 is 31.4 Å². The molecule has 3 aromatic carbocycles. The van der Waals surface area contributed by atoms with Gasteiger partial charge in [0.2, 0.25) is 0 Å². The lowest BCUT2D eigenvalue weighted by atomic mass is 9.82. The SMILES string of the molecule is O=S(=O)(c1ccccc1)[C@H]1[C@H]2C(=Cc3ccc(N4CCOCCOCCOCCOCCOCC4)cc3)[C@@H](C3=C2[C@H]2CC[C@H]3C2)[C@@H]1S(=O)(=O)c1ccccc1. The quantitative estimate of drug-likeness (QED) is 0.229. The maximum Gasteiger partial charge on any atom is 0.183 e. The molecule has 1 saturated heterocycles. The molecule has 4 bridgehead atoms. The highest BCUT2D eigenvalue weighted by molar-refractivity contribution is 7.96. The van der Waals surface area contributed by atoms with E-state index in [0.29, 0.717) is 91.0 Å². The topological polar surface area (TPSA) is 118 Å². The van der Waals surface area contributed by atoms with Crippen molar-refractivity contribution in [3.8, 4) is 0 Å². The van der Waals surface area contributed by atoms with Gasteiger partial charge in [0, 0.05) is 30.6 Å². The highest BCUT2D eigenvalue weighted by Crippen LogP contribution is 2.68. The van der Waals surface area contributed by atoms with E-state index in [0.717, 1.165) is 36.1 Å². The number of anilines is 1. The van der Waals surface area contributed by atoms with E-state index in [9.17, 15) is 16.8 Å². The first-order valence-corrected chi connectivity index (χ1v) is 22.7. The van der Waals surface area contributed by atoms with Gasteiger partial charge in [-0.15, -0.1) is 0 Å². The van der Waals surface area contributed by atoms with Gasteiger partial charge in [-0.3, -0.25) is 0 Å². The average Bonchev–Trinajstić information content (AvgIpc) is 3.98. The number of hydrogen-bond acceptors (Lipinski definition) is 10. The summed E-state index contributed by atoms with van der Waals surface area (Å²) in [5.41, 5.74) is 5.28. The molecule has 4 aliphatic carbocycles. The summed E-state index contributed by atoms with van der Waals surface area (Å²) >= 11 is 0. The van der Waals surface area contributed by atoms with Crippen molar-refractivity contribution in [2.45, 2.75) is 39.6 Å². The van der Waals surface area contributed by atoms with Crippen LogP contribution in [0.1, 0.15) is 24.8 Å². The Hall–Kier alpha value is -3.36. The largest absolute Gasteiger partial charge is 0.377 e. The Morgan fingerprint density at radius 3 is 1.33 bits per heavy atom. The van der Waals surface area contributed by atoms with Gasteiger partial charge in [-0.1, -0.05) is 71.3 Å². The predicted octanol–water partition coefficient (Wildman–Crippen LogP) is 5.64. The van der Waals surface area contributed by atoms with Crippen LogP contribution in [0.15, 0.2) is 111 Å². The smallest absolute Gasteiger partial charge is 0.183 e. The standard InChI is InChI=1S/C43H51NO9S2/c45-54(46,35-7-3-1-4-8-35)42-40-37(41(39-33-14-13-32(30-33)38(39)40)43(42)55(47,48)36-9-5-2-6-10-36)29-31-11-15-34(16-12-31)44-17-19-49-21-23-51-25-27-53-28-26-52-24-22-50-20-18-44/h1-12,15-16,29,32-33,40-43H,13-14,17-28,30H2/t32-,33-,40-,41-,42-,43-/m0/s1. The number of fused-ring (bicyclic) bond motifs is 8. The molecule has 5 aliphatic rings. The summed E-state index contributed by atoms with van der Waals surface area (Å²) in [5, 5.41) is -2.23. The molecule has 0 N–H and O–H groups in total. The monoisotopic (exact) mass is 789 g/mol. The molecule has 55 heavy (non-hydrogen) atoms. The van der Waals surface area contributed by atoms with Crippen LogP contribution in [0.3, 0.4) is 0 Å². The molecule has 3 aromatic rings. The minimum absolute atomic E-state index is 0.173. The Kier molecular flexibility index (Phi) is 11.9. The lowest BCUT2D eigenvalue weighted by molar-refractivity contribution is -0.0116. The lowest BCUT2D eigenvalue weighted by Crippen LogP contribution is -2.45. The van der Waals surface area contributed by atoms with E-state index < -0.39 is 42.0 Å². The predicted molar refractivity (Wildman–Crippen MR) is 210 cm³/mol. The minimum Gasteiger partial charge on any atom is -0.377 e. The first kappa shape index (κ1) is 38.5. The summed E-state index contributed by atoms with van der Waals surface area (Å²) in [6.45, 7) is 6.38. The highest BCUT2D eigenvalue weighted by Gasteiger charge is 2.67. The molecule has 10 nitrogen and oxygen atoms in total. The van der Waals surface area contributed by atoms with Gasteiger partial charge in [-0.2, -0.15) is 0 Å². The Morgan fingerprint density at radius 2 is 0.909 bits per heavy atom. The van der Waals surface area contributed by atoms with Crippen molar-refractivity contribution in [2.75, 3.05) is 84.1 Å². The van der Waals surface area contributed by atoms with Gasteiger partial charge in [0.25, 0.3) is 0 Å². The summed E-state index contributed by atoms with van der Waals surface area (Å²) < 4.78 is 87.7. The fraction of sp³-hybridized carbons (Fsp3) is 0.488. The molecule has 1 aliphatic heterocycles. The molecule has 0 aromatic heterocycles. The highest BCUT2D eigenvalue weighted by atomic mass is 32.2. The molecule has 8 rings (SSSR count). The van der Waals surface area contributed by atoms with E-state index in [1.165, 1.54) is 11.1 Å². The third-order valence-electron chi connectivity index (χ3n) is 12.0. The van der Waals surface area contributed by atoms with Crippen LogP contribution in [0, 0.1) is 23.7 Å².